The number of hydrogen-bond acceptors (Lipinski definition) is 4. The first-order valence-electron chi connectivity index (χ1n) is 5.91. The van der Waals surface area contributed by atoms with Crippen molar-refractivity contribution in [3.05, 3.63) is 52.9 Å². The number of nitrogens with one attached hydrogen (secondary N) is 1. The molecule has 0 fully saturated rings. The highest BCUT2D eigenvalue weighted by Crippen LogP contribution is 2.40. The van der Waals surface area contributed by atoms with E-state index in [1.807, 2.05) is 0 Å². The Bertz CT molecular complexity index is 695. The number of hydrogen-bond donors (Lipinski definition) is 2. The van der Waals surface area contributed by atoms with E-state index in [1.165, 1.54) is 24.5 Å². The number of fused-ring (bicyclic) bond motifs is 1. The Morgan fingerprint density at radius 3 is 2.90 bits per heavy atom. The molecular formula is C14H10ClNO4. The minimum absolute atomic E-state index is 0.105. The number of furan rings is 1. The van der Waals surface area contributed by atoms with E-state index < -0.39 is 17.3 Å². The summed E-state index contributed by atoms with van der Waals surface area (Å²) in [5.74, 6) is -0.987. The second-order valence-electron chi connectivity index (χ2n) is 4.58. The van der Waals surface area contributed by atoms with Gasteiger partial charge in [-0.05, 0) is 24.3 Å². The summed E-state index contributed by atoms with van der Waals surface area (Å²) in [6.07, 6.45) is 0.973. The van der Waals surface area contributed by atoms with Gasteiger partial charge in [0.25, 0.3) is 5.91 Å². The third-order valence-electron chi connectivity index (χ3n) is 3.26. The van der Waals surface area contributed by atoms with Crippen molar-refractivity contribution < 1.29 is 19.1 Å². The smallest absolute Gasteiger partial charge is 0.261 e. The van der Waals surface area contributed by atoms with Crippen LogP contribution in [0.25, 0.3) is 0 Å². The summed E-state index contributed by atoms with van der Waals surface area (Å²) in [6.45, 7) is 0. The van der Waals surface area contributed by atoms with Crippen LogP contribution in [0.1, 0.15) is 22.5 Å². The molecule has 1 aromatic carbocycles. The topological polar surface area (TPSA) is 79.5 Å². The van der Waals surface area contributed by atoms with Gasteiger partial charge in [0.05, 0.1) is 12.7 Å². The minimum Gasteiger partial charge on any atom is -0.461 e. The lowest BCUT2D eigenvalue weighted by molar-refractivity contribution is -0.133. The molecule has 1 aliphatic heterocycles. The van der Waals surface area contributed by atoms with E-state index in [4.69, 9.17) is 16.0 Å². The Morgan fingerprint density at radius 2 is 2.20 bits per heavy atom. The zero-order valence-electron chi connectivity index (χ0n) is 10.2. The molecule has 1 atom stereocenters. The summed E-state index contributed by atoms with van der Waals surface area (Å²) >= 11 is 5.84. The summed E-state index contributed by atoms with van der Waals surface area (Å²) in [6, 6.07) is 7.68. The van der Waals surface area contributed by atoms with Crippen LogP contribution in [-0.2, 0) is 10.4 Å². The maximum absolute atomic E-state index is 12.0. The van der Waals surface area contributed by atoms with Gasteiger partial charge in [0, 0.05) is 16.3 Å². The van der Waals surface area contributed by atoms with Crippen molar-refractivity contribution in [3.63, 3.8) is 0 Å². The first-order valence-corrected chi connectivity index (χ1v) is 6.29. The van der Waals surface area contributed by atoms with Crippen molar-refractivity contribution in [2.75, 3.05) is 5.32 Å². The van der Waals surface area contributed by atoms with E-state index in [9.17, 15) is 14.7 Å². The molecule has 0 spiro atoms. The Morgan fingerprint density at radius 1 is 1.40 bits per heavy atom. The summed E-state index contributed by atoms with van der Waals surface area (Å²) in [5.41, 5.74) is -1.15. The summed E-state index contributed by atoms with van der Waals surface area (Å²) in [5, 5.41) is 13.5. The Kier molecular flexibility index (Phi) is 2.88. The van der Waals surface area contributed by atoms with Crippen molar-refractivity contribution in [1.29, 1.82) is 0 Å². The van der Waals surface area contributed by atoms with Crippen molar-refractivity contribution in [2.24, 2.45) is 0 Å². The van der Waals surface area contributed by atoms with E-state index in [1.54, 1.807) is 12.1 Å². The minimum atomic E-state index is -1.90. The number of halogens is 1. The lowest BCUT2D eigenvalue weighted by Crippen LogP contribution is -2.36. The highest BCUT2D eigenvalue weighted by atomic mass is 35.5. The third-order valence-corrected chi connectivity index (χ3v) is 3.50. The fourth-order valence-electron chi connectivity index (χ4n) is 2.26. The molecule has 2 heterocycles. The van der Waals surface area contributed by atoms with Crippen LogP contribution in [0.4, 0.5) is 5.69 Å². The number of Topliss-reactive ketones (excluding diaryl/α,β-unsaturated/α-hetero) is 1. The lowest BCUT2D eigenvalue weighted by atomic mass is 9.89. The number of ketones is 1. The highest BCUT2D eigenvalue weighted by Gasteiger charge is 2.47. The zero-order valence-corrected chi connectivity index (χ0v) is 11.0. The van der Waals surface area contributed by atoms with Crippen LogP contribution in [-0.4, -0.2) is 16.8 Å². The normalized spacial score (nSPS) is 20.6. The monoisotopic (exact) mass is 291 g/mol. The second kappa shape index (κ2) is 4.47. The Balaban J connectivity index is 1.96. The van der Waals surface area contributed by atoms with Gasteiger partial charge in [0.15, 0.2) is 11.4 Å². The van der Waals surface area contributed by atoms with Crippen LogP contribution in [0, 0.1) is 0 Å². The number of anilines is 1. The fourth-order valence-corrected chi connectivity index (χ4v) is 2.43. The van der Waals surface area contributed by atoms with Gasteiger partial charge in [-0.3, -0.25) is 9.59 Å². The van der Waals surface area contributed by atoms with Crippen molar-refractivity contribution >= 4 is 29.0 Å². The number of benzene rings is 1. The molecule has 0 saturated carbocycles. The molecule has 0 radical (unpaired) electrons. The van der Waals surface area contributed by atoms with Gasteiger partial charge in [0.2, 0.25) is 5.78 Å². The first-order chi connectivity index (χ1) is 9.50. The molecule has 1 aromatic heterocycles. The van der Waals surface area contributed by atoms with Crippen molar-refractivity contribution in [1.82, 2.24) is 0 Å². The van der Waals surface area contributed by atoms with Crippen molar-refractivity contribution in [2.45, 2.75) is 12.0 Å². The predicted octanol–water partition coefficient (Wildman–Crippen LogP) is 2.35. The maximum atomic E-state index is 12.0. The highest BCUT2D eigenvalue weighted by molar-refractivity contribution is 6.31. The molecule has 1 aliphatic rings. The van der Waals surface area contributed by atoms with Gasteiger partial charge < -0.3 is 14.8 Å². The van der Waals surface area contributed by atoms with Gasteiger partial charge in [0.1, 0.15) is 0 Å². The molecule has 102 valence electrons. The van der Waals surface area contributed by atoms with Crippen LogP contribution in [0.15, 0.2) is 41.0 Å². The average Bonchev–Trinajstić information content (AvgIpc) is 2.98. The molecule has 0 saturated heterocycles. The van der Waals surface area contributed by atoms with Gasteiger partial charge >= 0.3 is 0 Å². The summed E-state index contributed by atoms with van der Waals surface area (Å²) in [4.78, 5) is 24.0. The maximum Gasteiger partial charge on any atom is 0.261 e. The molecule has 2 N–H and O–H groups in total. The van der Waals surface area contributed by atoms with Crippen molar-refractivity contribution in [3.8, 4) is 0 Å². The van der Waals surface area contributed by atoms with E-state index >= 15 is 0 Å². The SMILES string of the molecule is O=C(CC1(O)C(=O)Nc2cc(Cl)ccc21)c1ccco1. The number of aliphatic hydroxyl groups is 1. The van der Waals surface area contributed by atoms with Crippen LogP contribution in [0.2, 0.25) is 5.02 Å². The molecule has 6 heteroatoms. The molecule has 2 aromatic rings. The summed E-state index contributed by atoms with van der Waals surface area (Å²) < 4.78 is 4.98. The lowest BCUT2D eigenvalue weighted by Gasteiger charge is -2.19. The predicted molar refractivity (Wildman–Crippen MR) is 71.6 cm³/mol. The Labute approximate surface area is 119 Å². The fraction of sp³-hybridized carbons (Fsp3) is 0.143. The molecule has 1 unspecified atom stereocenters. The van der Waals surface area contributed by atoms with Gasteiger partial charge in [-0.25, -0.2) is 0 Å². The van der Waals surface area contributed by atoms with Crippen LogP contribution in [0.5, 0.6) is 0 Å². The van der Waals surface area contributed by atoms with Gasteiger partial charge in [-0.2, -0.15) is 0 Å². The summed E-state index contributed by atoms with van der Waals surface area (Å²) in [7, 11) is 0. The number of carbonyl (C=O) groups excluding carboxylic acids is 2. The Hall–Kier alpha value is -2.11. The standard InChI is InChI=1S/C14H10ClNO4/c15-8-3-4-9-10(6-8)16-13(18)14(9,19)7-11(17)12-2-1-5-20-12/h1-6,19H,7H2,(H,16,18). The molecule has 3 rings (SSSR count). The average molecular weight is 292 g/mol. The number of amides is 1. The van der Waals surface area contributed by atoms with Gasteiger partial charge in [-0.1, -0.05) is 17.7 Å². The molecule has 5 nitrogen and oxygen atoms in total. The van der Waals surface area contributed by atoms with Gasteiger partial charge in [-0.15, -0.1) is 0 Å². The third kappa shape index (κ3) is 1.92. The van der Waals surface area contributed by atoms with Crippen LogP contribution < -0.4 is 5.32 Å². The number of carbonyl (C=O) groups is 2. The molecule has 20 heavy (non-hydrogen) atoms. The zero-order chi connectivity index (χ0) is 14.3. The van der Waals surface area contributed by atoms with E-state index in [0.29, 0.717) is 16.3 Å². The number of rotatable bonds is 3. The second-order valence-corrected chi connectivity index (χ2v) is 5.02. The molecule has 0 bridgehead atoms. The largest absolute Gasteiger partial charge is 0.461 e. The molecule has 0 aliphatic carbocycles. The quantitative estimate of drug-likeness (QED) is 0.851. The first kappa shape index (κ1) is 12.9. The van der Waals surface area contributed by atoms with E-state index in [0.717, 1.165) is 0 Å². The van der Waals surface area contributed by atoms with E-state index in [-0.39, 0.29) is 12.2 Å². The van der Waals surface area contributed by atoms with Crippen LogP contribution in [0.3, 0.4) is 0 Å². The molecule has 1 amide bonds. The van der Waals surface area contributed by atoms with Crippen LogP contribution >= 0.6 is 11.6 Å². The van der Waals surface area contributed by atoms with E-state index in [2.05, 4.69) is 5.32 Å². The molecular weight excluding hydrogens is 282 g/mol.